The average molecular weight is 733 g/mol. The number of imide groups is 1. The maximum Gasteiger partial charge on any atom is 0.332 e. The first-order chi connectivity index (χ1) is 25.7. The van der Waals surface area contributed by atoms with Gasteiger partial charge in [0.25, 0.3) is 5.91 Å². The number of likely N-dealkylation sites (tertiary alicyclic amines) is 1. The molecule has 2 saturated heterocycles. The van der Waals surface area contributed by atoms with E-state index in [2.05, 4.69) is 16.0 Å². The van der Waals surface area contributed by atoms with Gasteiger partial charge in [-0.15, -0.1) is 0 Å². The number of nitrogens with one attached hydrogen (secondary N) is 3. The molecule has 3 N–H and O–H groups in total. The molecular weight excluding hydrogens is 692 g/mol. The lowest BCUT2D eigenvalue weighted by molar-refractivity contribution is -0.141. The number of halogens is 1. The fourth-order valence-corrected chi connectivity index (χ4v) is 7.66. The molecule has 6 amide bonds. The van der Waals surface area contributed by atoms with Gasteiger partial charge in [0.2, 0.25) is 17.7 Å². The van der Waals surface area contributed by atoms with Crippen LogP contribution in [0.1, 0.15) is 35.1 Å². The van der Waals surface area contributed by atoms with Gasteiger partial charge in [0.1, 0.15) is 18.1 Å². The number of benzene rings is 4. The molecule has 3 aliphatic rings. The van der Waals surface area contributed by atoms with Gasteiger partial charge in [-0.3, -0.25) is 29.0 Å². The summed E-state index contributed by atoms with van der Waals surface area (Å²) in [5.41, 5.74) is 3.20. The molecule has 2 unspecified atom stereocenters. The van der Waals surface area contributed by atoms with Crippen molar-refractivity contribution in [2.45, 2.75) is 56.4 Å². The molecular formula is C41H41ClN6O5. The minimum Gasteiger partial charge on any atom is -0.350 e. The molecule has 2 fully saturated rings. The van der Waals surface area contributed by atoms with E-state index in [1.165, 1.54) is 4.90 Å². The summed E-state index contributed by atoms with van der Waals surface area (Å²) in [5, 5.41) is 9.71. The van der Waals surface area contributed by atoms with Gasteiger partial charge in [0.15, 0.2) is 0 Å². The molecule has 12 heteroatoms. The lowest BCUT2D eigenvalue weighted by Gasteiger charge is -2.43. The van der Waals surface area contributed by atoms with Crippen LogP contribution in [0, 0.1) is 0 Å². The molecule has 0 aliphatic carbocycles. The number of hydrogen-bond acceptors (Lipinski definition) is 6. The average Bonchev–Trinajstić information content (AvgIpc) is 3.38. The Hall–Kier alpha value is -5.52. The van der Waals surface area contributed by atoms with Crippen molar-refractivity contribution in [1.82, 2.24) is 25.8 Å². The van der Waals surface area contributed by atoms with Crippen LogP contribution in [0.4, 0.5) is 10.5 Å². The second kappa shape index (κ2) is 15.6. The zero-order valence-electron chi connectivity index (χ0n) is 29.2. The van der Waals surface area contributed by atoms with Gasteiger partial charge in [0, 0.05) is 43.3 Å². The summed E-state index contributed by atoms with van der Waals surface area (Å²) in [6, 6.07) is 31.5. The van der Waals surface area contributed by atoms with Crippen LogP contribution in [0.25, 0.3) is 0 Å². The summed E-state index contributed by atoms with van der Waals surface area (Å²) < 4.78 is 0. The largest absolute Gasteiger partial charge is 0.350 e. The summed E-state index contributed by atoms with van der Waals surface area (Å²) in [5.74, 6) is -1.47. The van der Waals surface area contributed by atoms with E-state index in [-0.39, 0.29) is 50.7 Å². The highest BCUT2D eigenvalue weighted by Crippen LogP contribution is 2.40. The summed E-state index contributed by atoms with van der Waals surface area (Å²) >= 11 is 6.14. The highest BCUT2D eigenvalue weighted by atomic mass is 35.5. The molecule has 11 nitrogen and oxygen atoms in total. The number of carbonyl (C=O) groups excluding carboxylic acids is 5. The van der Waals surface area contributed by atoms with Crippen LogP contribution < -0.4 is 20.9 Å². The summed E-state index contributed by atoms with van der Waals surface area (Å²) in [6.45, 7) is 0.717. The van der Waals surface area contributed by atoms with Crippen LogP contribution in [0.3, 0.4) is 0 Å². The Labute approximate surface area is 313 Å². The molecule has 3 heterocycles. The molecule has 7 rings (SSSR count). The van der Waals surface area contributed by atoms with Gasteiger partial charge in [-0.25, -0.2) is 4.79 Å². The van der Waals surface area contributed by atoms with Crippen LogP contribution in [-0.2, 0) is 45.1 Å². The molecule has 0 aromatic heterocycles. The molecule has 4 aromatic carbocycles. The number of urea groups is 1. The molecule has 272 valence electrons. The predicted molar refractivity (Wildman–Crippen MR) is 201 cm³/mol. The first kappa shape index (κ1) is 35.9. The van der Waals surface area contributed by atoms with Gasteiger partial charge in [-0.1, -0.05) is 96.5 Å². The Morgan fingerprint density at radius 2 is 1.45 bits per heavy atom. The third-order valence-electron chi connectivity index (χ3n) is 10.4. The molecule has 0 radical (unpaired) electrons. The third-order valence-corrected chi connectivity index (χ3v) is 10.7. The lowest BCUT2D eigenvalue weighted by atomic mass is 9.85. The number of nitrogens with zero attached hydrogens (tertiary/aromatic N) is 3. The van der Waals surface area contributed by atoms with Crippen LogP contribution in [0.5, 0.6) is 0 Å². The van der Waals surface area contributed by atoms with Crippen molar-refractivity contribution in [3.8, 4) is 0 Å². The summed E-state index contributed by atoms with van der Waals surface area (Å²) in [4.78, 5) is 73.5. The topological polar surface area (TPSA) is 131 Å². The SMILES string of the molecule is O=C(CN1C(=O)N(c2ccccc2)C2(CCN(C(=O)C(Cc3ccc(Cl)cc3)NC(=O)C3Cc4ccccc4CN3)CC2)C1=O)NCc1ccccc1. The van der Waals surface area contributed by atoms with E-state index in [9.17, 15) is 24.0 Å². The smallest absolute Gasteiger partial charge is 0.332 e. The van der Waals surface area contributed by atoms with Crippen molar-refractivity contribution in [2.75, 3.05) is 24.5 Å². The third kappa shape index (κ3) is 7.67. The number of para-hydroxylation sites is 1. The van der Waals surface area contributed by atoms with E-state index in [1.54, 1.807) is 41.3 Å². The minimum absolute atomic E-state index is 0.156. The zero-order chi connectivity index (χ0) is 37.0. The quantitative estimate of drug-likeness (QED) is 0.209. The van der Waals surface area contributed by atoms with Crippen molar-refractivity contribution >= 4 is 46.9 Å². The predicted octanol–water partition coefficient (Wildman–Crippen LogP) is 4.23. The normalized spacial score (nSPS) is 18.4. The number of piperidine rings is 1. The maximum atomic E-state index is 14.3. The van der Waals surface area contributed by atoms with Crippen molar-refractivity contribution in [3.63, 3.8) is 0 Å². The van der Waals surface area contributed by atoms with Crippen LogP contribution in [0.15, 0.2) is 109 Å². The van der Waals surface area contributed by atoms with Gasteiger partial charge >= 0.3 is 6.03 Å². The Balaban J connectivity index is 1.08. The Bertz CT molecular complexity index is 1990. The number of carbonyl (C=O) groups is 5. The van der Waals surface area contributed by atoms with E-state index >= 15 is 0 Å². The van der Waals surface area contributed by atoms with E-state index < -0.39 is 42.0 Å². The number of amides is 6. The molecule has 1 spiro atoms. The van der Waals surface area contributed by atoms with Gasteiger partial charge < -0.3 is 20.9 Å². The van der Waals surface area contributed by atoms with Crippen molar-refractivity contribution in [3.05, 3.63) is 136 Å². The number of fused-ring (bicyclic) bond motifs is 1. The summed E-state index contributed by atoms with van der Waals surface area (Å²) in [6.07, 6.45) is 1.06. The minimum atomic E-state index is -1.29. The first-order valence-electron chi connectivity index (χ1n) is 17.9. The van der Waals surface area contributed by atoms with Crippen LogP contribution in [-0.4, -0.2) is 76.7 Å². The fraction of sp³-hybridized carbons (Fsp3) is 0.293. The van der Waals surface area contributed by atoms with Crippen molar-refractivity contribution < 1.29 is 24.0 Å². The lowest BCUT2D eigenvalue weighted by Crippen LogP contribution is -2.61. The van der Waals surface area contributed by atoms with E-state index in [0.29, 0.717) is 23.7 Å². The van der Waals surface area contributed by atoms with E-state index in [0.717, 1.165) is 27.2 Å². The van der Waals surface area contributed by atoms with Crippen LogP contribution in [0.2, 0.25) is 5.02 Å². The molecule has 4 aromatic rings. The Morgan fingerprint density at radius 1 is 0.811 bits per heavy atom. The van der Waals surface area contributed by atoms with Gasteiger partial charge in [-0.2, -0.15) is 0 Å². The standard InChI is InChI=1S/C41H41ClN6O5/c42-32-17-15-28(16-18-32)23-35(45-37(50)34-24-30-11-7-8-12-31(30)26-43-34)38(51)46-21-19-41(20-22-46)39(52)47(40(53)48(41)33-13-5-2-6-14-33)27-36(49)44-25-29-9-3-1-4-10-29/h1-18,34-35,43H,19-27H2,(H,44,49)(H,45,50). The maximum absolute atomic E-state index is 14.3. The van der Waals surface area contributed by atoms with Gasteiger partial charge in [-0.05, 0) is 65.8 Å². The van der Waals surface area contributed by atoms with Gasteiger partial charge in [0.05, 0.1) is 6.04 Å². The van der Waals surface area contributed by atoms with E-state index in [1.807, 2.05) is 72.8 Å². The zero-order valence-corrected chi connectivity index (χ0v) is 29.9. The monoisotopic (exact) mass is 732 g/mol. The Kier molecular flexibility index (Phi) is 10.6. The second-order valence-electron chi connectivity index (χ2n) is 13.8. The second-order valence-corrected chi connectivity index (χ2v) is 14.2. The number of rotatable bonds is 10. The summed E-state index contributed by atoms with van der Waals surface area (Å²) in [7, 11) is 0. The number of anilines is 1. The molecule has 0 saturated carbocycles. The molecule has 53 heavy (non-hydrogen) atoms. The fourth-order valence-electron chi connectivity index (χ4n) is 7.53. The molecule has 0 bridgehead atoms. The number of hydrogen-bond donors (Lipinski definition) is 3. The highest BCUT2D eigenvalue weighted by molar-refractivity contribution is 6.30. The van der Waals surface area contributed by atoms with Crippen molar-refractivity contribution in [2.24, 2.45) is 0 Å². The first-order valence-corrected chi connectivity index (χ1v) is 18.3. The molecule has 2 atom stereocenters. The van der Waals surface area contributed by atoms with E-state index in [4.69, 9.17) is 11.6 Å². The molecule has 3 aliphatic heterocycles. The van der Waals surface area contributed by atoms with Crippen molar-refractivity contribution in [1.29, 1.82) is 0 Å². The Morgan fingerprint density at radius 3 is 2.15 bits per heavy atom. The highest BCUT2D eigenvalue weighted by Gasteiger charge is 2.59. The van der Waals surface area contributed by atoms with Crippen LogP contribution >= 0.6 is 11.6 Å².